The molecule has 0 saturated carbocycles. The second-order valence-electron chi connectivity index (χ2n) is 5.15. The number of aryl methyl sites for hydroxylation is 1. The maximum atomic E-state index is 12.3. The van der Waals surface area contributed by atoms with Crippen molar-refractivity contribution in [2.75, 3.05) is 5.75 Å². The van der Waals surface area contributed by atoms with E-state index in [9.17, 15) is 8.42 Å². The lowest BCUT2D eigenvalue weighted by Crippen LogP contribution is -2.44. The van der Waals surface area contributed by atoms with Crippen molar-refractivity contribution in [3.8, 4) is 0 Å². The molecule has 1 saturated heterocycles. The van der Waals surface area contributed by atoms with Crippen LogP contribution in [0, 0.1) is 0 Å². The molecule has 0 spiro atoms. The highest BCUT2D eigenvalue weighted by Crippen LogP contribution is 2.33. The number of sulfone groups is 1. The molecular weight excluding hydrogens is 344 g/mol. The third-order valence-corrected chi connectivity index (χ3v) is 6.64. The van der Waals surface area contributed by atoms with Gasteiger partial charge in [0, 0.05) is 6.54 Å². The van der Waals surface area contributed by atoms with Crippen LogP contribution in [0.5, 0.6) is 0 Å². The molecule has 1 aromatic heterocycles. The molecule has 1 aliphatic rings. The number of hydrazine groups is 1. The minimum Gasteiger partial charge on any atom is -0.271 e. The molecule has 0 bridgehead atoms. The molecule has 2 rings (SSSR count). The summed E-state index contributed by atoms with van der Waals surface area (Å²) in [5, 5.41) is 3.81. The van der Waals surface area contributed by atoms with Crippen LogP contribution in [-0.2, 0) is 16.4 Å². The number of halogens is 1. The largest absolute Gasteiger partial charge is 0.271 e. The standard InChI is InChI=1S/C12H21BrN4O2S/c1-2-6-17-12(9(13)8-15-17)11(16-14)10-5-3-4-7-20(10,18)19/h8,10-11,16H,2-7,14H2,1H3. The number of nitrogens with one attached hydrogen (secondary N) is 1. The maximum absolute atomic E-state index is 12.3. The van der Waals surface area contributed by atoms with Gasteiger partial charge in [-0.15, -0.1) is 0 Å². The smallest absolute Gasteiger partial charge is 0.155 e. The molecular formula is C12H21BrN4O2S. The number of hydrogen-bond donors (Lipinski definition) is 2. The molecule has 2 unspecified atom stereocenters. The van der Waals surface area contributed by atoms with Crippen LogP contribution in [0.1, 0.15) is 44.3 Å². The van der Waals surface area contributed by atoms with Crippen LogP contribution in [0.15, 0.2) is 10.7 Å². The fourth-order valence-electron chi connectivity index (χ4n) is 2.79. The van der Waals surface area contributed by atoms with E-state index in [0.717, 1.165) is 36.0 Å². The van der Waals surface area contributed by atoms with E-state index in [-0.39, 0.29) is 5.75 Å². The number of aromatic nitrogens is 2. The lowest BCUT2D eigenvalue weighted by atomic mass is 10.0. The Labute approximate surface area is 128 Å². The number of nitrogens with zero attached hydrogens (tertiary/aromatic N) is 2. The van der Waals surface area contributed by atoms with Crippen molar-refractivity contribution >= 4 is 25.8 Å². The van der Waals surface area contributed by atoms with E-state index in [4.69, 9.17) is 5.84 Å². The first-order valence-corrected chi connectivity index (χ1v) is 9.41. The third-order valence-electron chi connectivity index (χ3n) is 3.74. The molecule has 3 N–H and O–H groups in total. The molecule has 0 aliphatic carbocycles. The highest BCUT2D eigenvalue weighted by atomic mass is 79.9. The van der Waals surface area contributed by atoms with Gasteiger partial charge in [0.15, 0.2) is 9.84 Å². The lowest BCUT2D eigenvalue weighted by Gasteiger charge is -2.30. The maximum Gasteiger partial charge on any atom is 0.155 e. The number of hydrogen-bond acceptors (Lipinski definition) is 5. The lowest BCUT2D eigenvalue weighted by molar-refractivity contribution is 0.422. The molecule has 1 fully saturated rings. The fraction of sp³-hybridized carbons (Fsp3) is 0.750. The minimum atomic E-state index is -3.11. The van der Waals surface area contributed by atoms with Crippen LogP contribution >= 0.6 is 15.9 Å². The van der Waals surface area contributed by atoms with Crippen molar-refractivity contribution in [2.24, 2.45) is 5.84 Å². The van der Waals surface area contributed by atoms with Gasteiger partial charge in [0.25, 0.3) is 0 Å². The van der Waals surface area contributed by atoms with E-state index in [1.165, 1.54) is 0 Å². The van der Waals surface area contributed by atoms with Crippen molar-refractivity contribution in [3.05, 3.63) is 16.4 Å². The average Bonchev–Trinajstić information content (AvgIpc) is 2.75. The quantitative estimate of drug-likeness (QED) is 0.610. The summed E-state index contributed by atoms with van der Waals surface area (Å²) in [6.07, 6.45) is 4.93. The first kappa shape index (κ1) is 15.9. The van der Waals surface area contributed by atoms with Gasteiger partial charge in [-0.05, 0) is 35.2 Å². The summed E-state index contributed by atoms with van der Waals surface area (Å²) in [5.74, 6) is 5.92. The Morgan fingerprint density at radius 2 is 2.35 bits per heavy atom. The molecule has 1 aliphatic heterocycles. The van der Waals surface area contributed by atoms with Gasteiger partial charge in [-0.25, -0.2) is 8.42 Å². The third kappa shape index (κ3) is 3.08. The molecule has 0 radical (unpaired) electrons. The summed E-state index contributed by atoms with van der Waals surface area (Å²) < 4.78 is 27.3. The summed E-state index contributed by atoms with van der Waals surface area (Å²) >= 11 is 3.46. The van der Waals surface area contributed by atoms with E-state index in [1.54, 1.807) is 6.20 Å². The minimum absolute atomic E-state index is 0.245. The Balaban J connectivity index is 2.39. The van der Waals surface area contributed by atoms with E-state index in [2.05, 4.69) is 33.4 Å². The van der Waals surface area contributed by atoms with Crippen LogP contribution in [0.3, 0.4) is 0 Å². The molecule has 1 aromatic rings. The van der Waals surface area contributed by atoms with E-state index < -0.39 is 21.1 Å². The summed E-state index contributed by atoms with van der Waals surface area (Å²) in [7, 11) is -3.11. The van der Waals surface area contributed by atoms with Crippen molar-refractivity contribution in [1.82, 2.24) is 15.2 Å². The van der Waals surface area contributed by atoms with Crippen molar-refractivity contribution in [3.63, 3.8) is 0 Å². The van der Waals surface area contributed by atoms with E-state index in [1.807, 2.05) is 4.68 Å². The highest BCUT2D eigenvalue weighted by Gasteiger charge is 2.38. The van der Waals surface area contributed by atoms with Crippen molar-refractivity contribution in [2.45, 2.75) is 50.4 Å². The molecule has 0 aromatic carbocycles. The van der Waals surface area contributed by atoms with Crippen LogP contribution in [0.4, 0.5) is 0 Å². The summed E-state index contributed by atoms with van der Waals surface area (Å²) in [6.45, 7) is 2.80. The first-order chi connectivity index (χ1) is 9.51. The van der Waals surface area contributed by atoms with Gasteiger partial charge in [-0.3, -0.25) is 16.0 Å². The van der Waals surface area contributed by atoms with Gasteiger partial charge in [-0.1, -0.05) is 13.3 Å². The molecule has 114 valence electrons. The average molecular weight is 365 g/mol. The Kier molecular flexibility index (Phi) is 5.22. The van der Waals surface area contributed by atoms with Gasteiger partial charge in [0.1, 0.15) is 0 Å². The summed E-state index contributed by atoms with van der Waals surface area (Å²) in [6, 6.07) is -0.427. The van der Waals surface area contributed by atoms with E-state index in [0.29, 0.717) is 6.42 Å². The highest BCUT2D eigenvalue weighted by molar-refractivity contribution is 9.10. The second-order valence-corrected chi connectivity index (χ2v) is 8.34. The topological polar surface area (TPSA) is 90.0 Å². The predicted octanol–water partition coefficient (Wildman–Crippen LogP) is 1.53. The van der Waals surface area contributed by atoms with Crippen LogP contribution < -0.4 is 11.3 Å². The van der Waals surface area contributed by atoms with Crippen LogP contribution in [0.25, 0.3) is 0 Å². The van der Waals surface area contributed by atoms with Gasteiger partial charge < -0.3 is 0 Å². The SMILES string of the molecule is CCCn1ncc(Br)c1C(NN)C1CCCCS1(=O)=O. The second kappa shape index (κ2) is 6.55. The van der Waals surface area contributed by atoms with Crippen LogP contribution in [-0.4, -0.2) is 29.2 Å². The molecule has 8 heteroatoms. The molecule has 2 heterocycles. The Bertz CT molecular complexity index is 558. The van der Waals surface area contributed by atoms with E-state index >= 15 is 0 Å². The first-order valence-electron chi connectivity index (χ1n) is 6.90. The van der Waals surface area contributed by atoms with Crippen molar-refractivity contribution in [1.29, 1.82) is 0 Å². The Morgan fingerprint density at radius 1 is 1.60 bits per heavy atom. The Hall–Kier alpha value is -0.440. The molecule has 20 heavy (non-hydrogen) atoms. The van der Waals surface area contributed by atoms with Gasteiger partial charge in [0.05, 0.1) is 33.4 Å². The molecule has 6 nitrogen and oxygen atoms in total. The zero-order valence-corrected chi connectivity index (χ0v) is 14.0. The predicted molar refractivity (Wildman–Crippen MR) is 81.7 cm³/mol. The zero-order chi connectivity index (χ0) is 14.8. The molecule has 0 amide bonds. The summed E-state index contributed by atoms with van der Waals surface area (Å²) in [5.41, 5.74) is 3.52. The Morgan fingerprint density at radius 3 is 2.95 bits per heavy atom. The monoisotopic (exact) mass is 364 g/mol. The summed E-state index contributed by atoms with van der Waals surface area (Å²) in [4.78, 5) is 0. The normalized spacial score (nSPS) is 23.6. The zero-order valence-electron chi connectivity index (χ0n) is 11.5. The van der Waals surface area contributed by atoms with Gasteiger partial charge in [0.2, 0.25) is 0 Å². The fourth-order valence-corrected chi connectivity index (χ4v) is 5.39. The van der Waals surface area contributed by atoms with Gasteiger partial charge in [-0.2, -0.15) is 5.10 Å². The van der Waals surface area contributed by atoms with Crippen LogP contribution in [0.2, 0.25) is 0 Å². The van der Waals surface area contributed by atoms with Crippen molar-refractivity contribution < 1.29 is 8.42 Å². The number of nitrogens with two attached hydrogens (primary N) is 1. The molecule has 2 atom stereocenters. The number of rotatable bonds is 5. The van der Waals surface area contributed by atoms with Gasteiger partial charge >= 0.3 is 0 Å².